The van der Waals surface area contributed by atoms with Gasteiger partial charge in [0.25, 0.3) is 5.91 Å². The number of aliphatic hydroxyl groups is 1. The number of carbonyl (C=O) groups excluding carboxylic acids is 1. The molecule has 1 heterocycles. The van der Waals surface area contributed by atoms with Crippen molar-refractivity contribution in [1.29, 1.82) is 0 Å². The molecule has 1 amide bonds. The summed E-state index contributed by atoms with van der Waals surface area (Å²) < 4.78 is 5.66. The molecule has 1 unspecified atom stereocenters. The summed E-state index contributed by atoms with van der Waals surface area (Å²) in [7, 11) is 0. The Morgan fingerprint density at radius 2 is 1.73 bits per heavy atom. The van der Waals surface area contributed by atoms with E-state index >= 15 is 0 Å². The predicted octanol–water partition coefficient (Wildman–Crippen LogP) is 2.36. The Morgan fingerprint density at radius 3 is 2.43 bits per heavy atom. The third kappa shape index (κ3) is 7.06. The number of benzene rings is 2. The molecule has 2 N–H and O–H groups in total. The van der Waals surface area contributed by atoms with E-state index < -0.39 is 6.10 Å². The minimum absolute atomic E-state index is 0.0265. The Hall–Kier alpha value is -1.99. The third-order valence-electron chi connectivity index (χ3n) is 5.37. The first-order valence-corrected chi connectivity index (χ1v) is 10.8. The molecule has 1 atom stereocenters. The second-order valence-corrected chi connectivity index (χ2v) is 9.04. The molecule has 0 radical (unpaired) electrons. The van der Waals surface area contributed by atoms with Crippen LogP contribution in [0.5, 0.6) is 0 Å². The van der Waals surface area contributed by atoms with E-state index in [1.54, 1.807) is 0 Å². The lowest BCUT2D eigenvalue weighted by Gasteiger charge is -2.35. The molecule has 1 saturated heterocycles. The average molecular weight is 414 g/mol. The quantitative estimate of drug-likeness (QED) is 0.696. The molecule has 30 heavy (non-hydrogen) atoms. The van der Waals surface area contributed by atoms with E-state index in [0.717, 1.165) is 43.5 Å². The molecule has 0 aromatic heterocycles. The molecule has 2 aromatic rings. The molecular weight excluding hydrogens is 378 g/mol. The van der Waals surface area contributed by atoms with Gasteiger partial charge in [-0.05, 0) is 43.7 Å². The van der Waals surface area contributed by atoms with Crippen LogP contribution in [0.15, 0.2) is 42.5 Å². The van der Waals surface area contributed by atoms with E-state index in [9.17, 15) is 9.90 Å². The zero-order valence-electron chi connectivity index (χ0n) is 18.4. The number of nitrogens with zero attached hydrogens (tertiary/aromatic N) is 2. The maximum atomic E-state index is 12.5. The summed E-state index contributed by atoms with van der Waals surface area (Å²) in [6.45, 7) is 12.2. The molecule has 3 rings (SSSR count). The Labute approximate surface area is 179 Å². The Bertz CT molecular complexity index is 826. The summed E-state index contributed by atoms with van der Waals surface area (Å²) in [6.07, 6.45) is -0.461. The van der Waals surface area contributed by atoms with Gasteiger partial charge >= 0.3 is 0 Å². The SMILES string of the molecule is CC(C)(C)OCC(O)CN1CCN(CCNC(=O)c2ccc3ccccc3c2)CC1. The first kappa shape index (κ1) is 22.7. The van der Waals surface area contributed by atoms with Gasteiger partial charge in [-0.3, -0.25) is 14.6 Å². The first-order chi connectivity index (χ1) is 14.3. The number of carbonyl (C=O) groups is 1. The fraction of sp³-hybridized carbons (Fsp3) is 0.542. The van der Waals surface area contributed by atoms with Crippen molar-refractivity contribution in [3.63, 3.8) is 0 Å². The lowest BCUT2D eigenvalue weighted by molar-refractivity contribution is -0.0585. The maximum absolute atomic E-state index is 12.5. The Balaban J connectivity index is 1.35. The van der Waals surface area contributed by atoms with E-state index in [2.05, 4.69) is 15.1 Å². The van der Waals surface area contributed by atoms with Gasteiger partial charge in [-0.25, -0.2) is 0 Å². The van der Waals surface area contributed by atoms with E-state index in [1.165, 1.54) is 0 Å². The van der Waals surface area contributed by atoms with Gasteiger partial charge in [0.05, 0.1) is 18.3 Å². The molecule has 0 aliphatic carbocycles. The summed E-state index contributed by atoms with van der Waals surface area (Å²) in [4.78, 5) is 17.1. The van der Waals surface area contributed by atoms with Crippen LogP contribution in [0.25, 0.3) is 10.8 Å². The van der Waals surface area contributed by atoms with Crippen molar-refractivity contribution in [2.24, 2.45) is 0 Å². The summed E-state index contributed by atoms with van der Waals surface area (Å²) in [6, 6.07) is 13.9. The lowest BCUT2D eigenvalue weighted by atomic mass is 10.1. The zero-order chi connectivity index (χ0) is 21.6. The van der Waals surface area contributed by atoms with Crippen molar-refractivity contribution in [3.8, 4) is 0 Å². The summed E-state index contributed by atoms with van der Waals surface area (Å²) >= 11 is 0. The normalized spacial score (nSPS) is 17.2. The van der Waals surface area contributed by atoms with Crippen LogP contribution in [-0.4, -0.2) is 84.9 Å². The molecule has 0 bridgehead atoms. The van der Waals surface area contributed by atoms with Gasteiger partial charge in [-0.2, -0.15) is 0 Å². The van der Waals surface area contributed by atoms with E-state index in [0.29, 0.717) is 25.3 Å². The number of amides is 1. The second-order valence-electron chi connectivity index (χ2n) is 9.04. The van der Waals surface area contributed by atoms with Crippen molar-refractivity contribution in [2.75, 3.05) is 52.4 Å². The van der Waals surface area contributed by atoms with Crippen LogP contribution in [0.1, 0.15) is 31.1 Å². The smallest absolute Gasteiger partial charge is 0.251 e. The first-order valence-electron chi connectivity index (χ1n) is 10.8. The Morgan fingerprint density at radius 1 is 1.07 bits per heavy atom. The van der Waals surface area contributed by atoms with Crippen LogP contribution >= 0.6 is 0 Å². The number of piperazine rings is 1. The number of hydrogen-bond donors (Lipinski definition) is 2. The van der Waals surface area contributed by atoms with Crippen molar-refractivity contribution >= 4 is 16.7 Å². The number of fused-ring (bicyclic) bond motifs is 1. The largest absolute Gasteiger partial charge is 0.389 e. The molecule has 0 spiro atoms. The molecule has 2 aromatic carbocycles. The Kier molecular flexibility index (Phi) is 7.83. The summed E-state index contributed by atoms with van der Waals surface area (Å²) in [5.74, 6) is -0.0265. The van der Waals surface area contributed by atoms with Crippen LogP contribution in [0.3, 0.4) is 0 Å². The van der Waals surface area contributed by atoms with Crippen molar-refractivity contribution < 1.29 is 14.6 Å². The van der Waals surface area contributed by atoms with Gasteiger partial charge in [0.2, 0.25) is 0 Å². The molecule has 0 saturated carbocycles. The molecule has 1 fully saturated rings. The standard InChI is InChI=1S/C24H35N3O3/c1-24(2,3)30-18-22(28)17-27-14-12-26(13-15-27)11-10-25-23(29)21-9-8-19-6-4-5-7-20(19)16-21/h4-9,16,22,28H,10-15,17-18H2,1-3H3,(H,25,29). The molecular formula is C24H35N3O3. The molecule has 6 nitrogen and oxygen atoms in total. The van der Waals surface area contributed by atoms with Gasteiger partial charge in [0.1, 0.15) is 0 Å². The molecule has 164 valence electrons. The number of ether oxygens (including phenoxy) is 1. The van der Waals surface area contributed by atoms with Gasteiger partial charge in [0.15, 0.2) is 0 Å². The van der Waals surface area contributed by atoms with Crippen molar-refractivity contribution in [1.82, 2.24) is 15.1 Å². The van der Waals surface area contributed by atoms with Gasteiger partial charge in [-0.1, -0.05) is 30.3 Å². The highest BCUT2D eigenvalue weighted by molar-refractivity contribution is 5.98. The van der Waals surface area contributed by atoms with E-state index in [-0.39, 0.29) is 11.5 Å². The van der Waals surface area contributed by atoms with Crippen molar-refractivity contribution in [2.45, 2.75) is 32.5 Å². The fourth-order valence-electron chi connectivity index (χ4n) is 3.65. The van der Waals surface area contributed by atoms with Crippen LogP contribution in [0.4, 0.5) is 0 Å². The van der Waals surface area contributed by atoms with Crippen LogP contribution in [0, 0.1) is 0 Å². The molecule has 1 aliphatic heterocycles. The predicted molar refractivity (Wildman–Crippen MR) is 121 cm³/mol. The number of rotatable bonds is 8. The number of nitrogens with one attached hydrogen (secondary N) is 1. The number of hydrogen-bond acceptors (Lipinski definition) is 5. The fourth-order valence-corrected chi connectivity index (χ4v) is 3.65. The highest BCUT2D eigenvalue weighted by Crippen LogP contribution is 2.15. The minimum Gasteiger partial charge on any atom is -0.389 e. The summed E-state index contributed by atoms with van der Waals surface area (Å²) in [5, 5.41) is 15.4. The van der Waals surface area contributed by atoms with E-state index in [4.69, 9.17) is 4.74 Å². The highest BCUT2D eigenvalue weighted by atomic mass is 16.5. The topological polar surface area (TPSA) is 65.0 Å². The monoisotopic (exact) mass is 413 g/mol. The zero-order valence-corrected chi connectivity index (χ0v) is 18.4. The van der Waals surface area contributed by atoms with Gasteiger partial charge in [0, 0.05) is 51.4 Å². The summed E-state index contributed by atoms with van der Waals surface area (Å²) in [5.41, 5.74) is 0.474. The van der Waals surface area contributed by atoms with Crippen LogP contribution in [0.2, 0.25) is 0 Å². The minimum atomic E-state index is -0.461. The van der Waals surface area contributed by atoms with Gasteiger partial charge < -0.3 is 15.2 Å². The van der Waals surface area contributed by atoms with Crippen LogP contribution < -0.4 is 5.32 Å². The number of β-amino-alcohol motifs (C(OH)–C–C–N with tert-alkyl or cyclic N) is 1. The van der Waals surface area contributed by atoms with Gasteiger partial charge in [-0.15, -0.1) is 0 Å². The average Bonchev–Trinajstić information content (AvgIpc) is 2.72. The third-order valence-corrected chi connectivity index (χ3v) is 5.37. The van der Waals surface area contributed by atoms with E-state index in [1.807, 2.05) is 63.2 Å². The molecule has 1 aliphatic rings. The van der Waals surface area contributed by atoms with Crippen molar-refractivity contribution in [3.05, 3.63) is 48.0 Å². The maximum Gasteiger partial charge on any atom is 0.251 e. The lowest BCUT2D eigenvalue weighted by Crippen LogP contribution is -2.50. The number of aliphatic hydroxyl groups excluding tert-OH is 1. The molecule has 6 heteroatoms. The van der Waals surface area contributed by atoms with Crippen LogP contribution in [-0.2, 0) is 4.74 Å². The highest BCUT2D eigenvalue weighted by Gasteiger charge is 2.20. The second kappa shape index (κ2) is 10.4.